The number of halogens is 3. The van der Waals surface area contributed by atoms with Crippen LogP contribution in [0.5, 0.6) is 17.2 Å². The predicted octanol–water partition coefficient (Wildman–Crippen LogP) is 4.16. The SMILES string of the molecule is COc1cccc(-c2cc3c(cc2OC)OC(C(F)(F)F)C(C(=O)O)=C3)c1. The van der Waals surface area contributed by atoms with Crippen LogP contribution in [0.1, 0.15) is 5.56 Å². The van der Waals surface area contributed by atoms with Crippen molar-refractivity contribution in [3.8, 4) is 28.4 Å². The van der Waals surface area contributed by atoms with Crippen molar-refractivity contribution in [2.45, 2.75) is 12.3 Å². The molecular weight excluding hydrogens is 365 g/mol. The van der Waals surface area contributed by atoms with Gasteiger partial charge >= 0.3 is 12.1 Å². The monoisotopic (exact) mass is 380 g/mol. The molecular formula is C19H15F3O5. The highest BCUT2D eigenvalue weighted by molar-refractivity contribution is 5.95. The Morgan fingerprint density at radius 2 is 1.89 bits per heavy atom. The lowest BCUT2D eigenvalue weighted by atomic mass is 9.96. The molecule has 142 valence electrons. The van der Waals surface area contributed by atoms with E-state index in [4.69, 9.17) is 19.3 Å². The number of rotatable bonds is 4. The molecule has 27 heavy (non-hydrogen) atoms. The molecule has 0 fully saturated rings. The van der Waals surface area contributed by atoms with Crippen LogP contribution in [0.25, 0.3) is 17.2 Å². The first-order valence-corrected chi connectivity index (χ1v) is 7.79. The smallest absolute Gasteiger partial charge is 0.430 e. The third kappa shape index (κ3) is 3.55. The molecule has 0 aromatic heterocycles. The van der Waals surface area contributed by atoms with E-state index in [0.717, 1.165) is 6.08 Å². The standard InChI is InChI=1S/C19H15F3O5/c1-25-12-5-3-4-10(6-12)13-7-11-8-14(18(23)24)17(19(20,21)22)27-15(11)9-16(13)26-2/h3-9,17H,1-2H3,(H,23,24). The zero-order valence-electron chi connectivity index (χ0n) is 14.3. The molecule has 0 radical (unpaired) electrons. The number of carboxylic acids is 1. The highest BCUT2D eigenvalue weighted by Gasteiger charge is 2.48. The minimum absolute atomic E-state index is 0.106. The van der Waals surface area contributed by atoms with Gasteiger partial charge in [-0.05, 0) is 29.8 Å². The Bertz CT molecular complexity index is 918. The van der Waals surface area contributed by atoms with E-state index in [-0.39, 0.29) is 17.1 Å². The second kappa shape index (κ2) is 6.86. The number of aliphatic carboxylic acids is 1. The highest BCUT2D eigenvalue weighted by atomic mass is 19.4. The van der Waals surface area contributed by atoms with Gasteiger partial charge in [0.15, 0.2) is 0 Å². The van der Waals surface area contributed by atoms with Gasteiger partial charge in [-0.25, -0.2) is 4.79 Å². The molecule has 1 heterocycles. The Kier molecular flexibility index (Phi) is 4.73. The van der Waals surface area contributed by atoms with Gasteiger partial charge in [-0.3, -0.25) is 0 Å². The van der Waals surface area contributed by atoms with Gasteiger partial charge in [0.1, 0.15) is 17.2 Å². The van der Waals surface area contributed by atoms with Crippen molar-refractivity contribution in [2.75, 3.05) is 14.2 Å². The number of methoxy groups -OCH3 is 2. The first kappa shape index (κ1) is 18.6. The van der Waals surface area contributed by atoms with Gasteiger partial charge < -0.3 is 19.3 Å². The maximum absolute atomic E-state index is 13.2. The van der Waals surface area contributed by atoms with E-state index in [1.807, 2.05) is 0 Å². The topological polar surface area (TPSA) is 65.0 Å². The van der Waals surface area contributed by atoms with E-state index < -0.39 is 23.8 Å². The van der Waals surface area contributed by atoms with Crippen LogP contribution in [-0.2, 0) is 4.79 Å². The maximum Gasteiger partial charge on any atom is 0.430 e. The summed E-state index contributed by atoms with van der Waals surface area (Å²) in [6.45, 7) is 0. The summed E-state index contributed by atoms with van der Waals surface area (Å²) in [4.78, 5) is 11.3. The lowest BCUT2D eigenvalue weighted by Gasteiger charge is -2.27. The van der Waals surface area contributed by atoms with Crippen LogP contribution in [0.3, 0.4) is 0 Å². The Hall–Kier alpha value is -3.16. The van der Waals surface area contributed by atoms with Crippen LogP contribution < -0.4 is 14.2 Å². The molecule has 0 spiro atoms. The number of hydrogen-bond acceptors (Lipinski definition) is 4. The quantitative estimate of drug-likeness (QED) is 0.863. The van der Waals surface area contributed by atoms with Crippen molar-refractivity contribution in [3.63, 3.8) is 0 Å². The normalized spacial score (nSPS) is 16.0. The van der Waals surface area contributed by atoms with Crippen molar-refractivity contribution in [3.05, 3.63) is 47.5 Å². The second-order valence-corrected chi connectivity index (χ2v) is 5.77. The van der Waals surface area contributed by atoms with Crippen molar-refractivity contribution in [1.82, 2.24) is 0 Å². The first-order valence-electron chi connectivity index (χ1n) is 7.79. The molecule has 3 rings (SSSR count). The minimum Gasteiger partial charge on any atom is -0.497 e. The third-order valence-corrected chi connectivity index (χ3v) is 4.10. The molecule has 8 heteroatoms. The molecule has 1 atom stereocenters. The summed E-state index contributed by atoms with van der Waals surface area (Å²) in [5.74, 6) is -0.926. The number of fused-ring (bicyclic) bond motifs is 1. The average Bonchev–Trinajstić information content (AvgIpc) is 2.65. The van der Waals surface area contributed by atoms with Crippen molar-refractivity contribution in [1.29, 1.82) is 0 Å². The van der Waals surface area contributed by atoms with Crippen LogP contribution in [0, 0.1) is 0 Å². The molecule has 5 nitrogen and oxygen atoms in total. The van der Waals surface area contributed by atoms with E-state index in [1.165, 1.54) is 26.4 Å². The van der Waals surface area contributed by atoms with Gasteiger partial charge in [-0.2, -0.15) is 13.2 Å². The first-order chi connectivity index (χ1) is 12.7. The Morgan fingerprint density at radius 1 is 1.15 bits per heavy atom. The summed E-state index contributed by atoms with van der Waals surface area (Å²) in [6, 6.07) is 9.84. The van der Waals surface area contributed by atoms with Gasteiger partial charge in [-0.15, -0.1) is 0 Å². The Labute approximate surface area is 152 Å². The van der Waals surface area contributed by atoms with Gasteiger partial charge in [0.05, 0.1) is 19.8 Å². The molecule has 1 N–H and O–H groups in total. The molecule has 1 aliphatic rings. The van der Waals surface area contributed by atoms with E-state index in [1.54, 1.807) is 24.3 Å². The van der Waals surface area contributed by atoms with Gasteiger partial charge in [0.2, 0.25) is 6.10 Å². The van der Waals surface area contributed by atoms with Crippen molar-refractivity contribution < 1.29 is 37.3 Å². The number of benzene rings is 2. The van der Waals surface area contributed by atoms with E-state index >= 15 is 0 Å². The van der Waals surface area contributed by atoms with E-state index in [0.29, 0.717) is 16.9 Å². The van der Waals surface area contributed by atoms with E-state index in [9.17, 15) is 18.0 Å². The molecule has 0 saturated heterocycles. The number of hydrogen-bond donors (Lipinski definition) is 1. The molecule has 0 saturated carbocycles. The van der Waals surface area contributed by atoms with Crippen LogP contribution in [0.2, 0.25) is 0 Å². The van der Waals surface area contributed by atoms with Gasteiger partial charge in [0.25, 0.3) is 0 Å². The summed E-state index contributed by atoms with van der Waals surface area (Å²) in [7, 11) is 2.89. The summed E-state index contributed by atoms with van der Waals surface area (Å²) >= 11 is 0. The number of carbonyl (C=O) groups is 1. The predicted molar refractivity (Wildman–Crippen MR) is 91.1 cm³/mol. The summed E-state index contributed by atoms with van der Waals surface area (Å²) < 4.78 is 55.0. The zero-order chi connectivity index (χ0) is 19.8. The lowest BCUT2D eigenvalue weighted by molar-refractivity contribution is -0.187. The number of alkyl halides is 3. The molecule has 0 bridgehead atoms. The molecule has 1 unspecified atom stereocenters. The molecule has 0 amide bonds. The highest BCUT2D eigenvalue weighted by Crippen LogP contribution is 2.43. The third-order valence-electron chi connectivity index (χ3n) is 4.10. The van der Waals surface area contributed by atoms with E-state index in [2.05, 4.69) is 0 Å². The number of carboxylic acid groups (broad SMARTS) is 1. The fraction of sp³-hybridized carbons (Fsp3) is 0.211. The van der Waals surface area contributed by atoms with Crippen LogP contribution in [0.15, 0.2) is 42.0 Å². The lowest BCUT2D eigenvalue weighted by Crippen LogP contribution is -2.40. The summed E-state index contributed by atoms with van der Waals surface area (Å²) in [5.41, 5.74) is 0.589. The Balaban J connectivity index is 2.16. The van der Waals surface area contributed by atoms with Crippen LogP contribution in [-0.4, -0.2) is 37.6 Å². The largest absolute Gasteiger partial charge is 0.497 e. The van der Waals surface area contributed by atoms with Gasteiger partial charge in [-0.1, -0.05) is 12.1 Å². The zero-order valence-corrected chi connectivity index (χ0v) is 14.3. The fourth-order valence-corrected chi connectivity index (χ4v) is 2.83. The Morgan fingerprint density at radius 3 is 2.48 bits per heavy atom. The molecule has 1 aliphatic heterocycles. The molecule has 2 aromatic carbocycles. The summed E-state index contributed by atoms with van der Waals surface area (Å²) in [5, 5.41) is 9.16. The molecule has 0 aliphatic carbocycles. The van der Waals surface area contributed by atoms with Gasteiger partial charge in [0, 0.05) is 17.2 Å². The van der Waals surface area contributed by atoms with Crippen molar-refractivity contribution >= 4 is 12.0 Å². The van der Waals surface area contributed by atoms with Crippen LogP contribution in [0.4, 0.5) is 13.2 Å². The second-order valence-electron chi connectivity index (χ2n) is 5.77. The summed E-state index contributed by atoms with van der Waals surface area (Å²) in [6.07, 6.45) is -6.43. The minimum atomic E-state index is -4.86. The average molecular weight is 380 g/mol. The van der Waals surface area contributed by atoms with Crippen LogP contribution >= 0.6 is 0 Å². The fourth-order valence-electron chi connectivity index (χ4n) is 2.83. The van der Waals surface area contributed by atoms with Crippen molar-refractivity contribution in [2.24, 2.45) is 0 Å². The number of ether oxygens (including phenoxy) is 3. The maximum atomic E-state index is 13.2. The molecule has 2 aromatic rings.